The fourth-order valence-corrected chi connectivity index (χ4v) is 5.86. The quantitative estimate of drug-likeness (QED) is 0.317. The molecule has 1 aromatic heterocycles. The lowest BCUT2D eigenvalue weighted by atomic mass is 9.71. The fraction of sp³-hybridized carbons (Fsp3) is 0.690. The Kier molecular flexibility index (Phi) is 9.54. The zero-order valence-electron chi connectivity index (χ0n) is 23.0. The Morgan fingerprint density at radius 2 is 2.00 bits per heavy atom. The summed E-state index contributed by atoms with van der Waals surface area (Å²) in [4.78, 5) is 31.1. The van der Waals surface area contributed by atoms with Crippen LogP contribution in [0.25, 0.3) is 6.08 Å². The zero-order chi connectivity index (χ0) is 27.5. The summed E-state index contributed by atoms with van der Waals surface area (Å²) < 4.78 is 12.0. The lowest BCUT2D eigenvalue weighted by molar-refractivity contribution is -0.154. The average molecular weight is 534 g/mol. The van der Waals surface area contributed by atoms with Gasteiger partial charge in [0.2, 0.25) is 0 Å². The van der Waals surface area contributed by atoms with Crippen LogP contribution in [0.1, 0.15) is 83.8 Å². The second-order valence-corrected chi connectivity index (χ2v) is 12.7. The molecule has 2 N–H and O–H groups in total. The van der Waals surface area contributed by atoms with E-state index in [1.807, 2.05) is 32.2 Å². The van der Waals surface area contributed by atoms with E-state index >= 15 is 0 Å². The van der Waals surface area contributed by atoms with Gasteiger partial charge in [0.25, 0.3) is 0 Å². The number of carbonyl (C=O) groups excluding carboxylic acids is 2. The molecular weight excluding hydrogens is 490 g/mol. The first-order valence-electron chi connectivity index (χ1n) is 13.3. The third-order valence-electron chi connectivity index (χ3n) is 8.17. The van der Waals surface area contributed by atoms with Crippen molar-refractivity contribution in [3.63, 3.8) is 0 Å². The van der Waals surface area contributed by atoms with Gasteiger partial charge in [-0.3, -0.25) is 9.59 Å². The molecule has 206 valence electrons. The molecule has 3 rings (SSSR count). The van der Waals surface area contributed by atoms with E-state index in [0.717, 1.165) is 35.5 Å². The summed E-state index contributed by atoms with van der Waals surface area (Å²) >= 11 is 1.56. The molecule has 0 bridgehead atoms. The molecule has 2 aliphatic rings. The van der Waals surface area contributed by atoms with E-state index in [1.54, 1.807) is 31.3 Å². The lowest BCUT2D eigenvalue weighted by Crippen LogP contribution is -2.46. The summed E-state index contributed by atoms with van der Waals surface area (Å²) in [7, 11) is 0. The maximum absolute atomic E-state index is 13.6. The number of thiazole rings is 1. The van der Waals surface area contributed by atoms with E-state index in [2.05, 4.69) is 18.5 Å². The van der Waals surface area contributed by atoms with Crippen LogP contribution in [0.3, 0.4) is 0 Å². The van der Waals surface area contributed by atoms with Crippen LogP contribution in [-0.4, -0.2) is 57.0 Å². The van der Waals surface area contributed by atoms with E-state index in [4.69, 9.17) is 9.47 Å². The monoisotopic (exact) mass is 533 g/mol. The Labute approximate surface area is 225 Å². The topological polar surface area (TPSA) is 109 Å². The van der Waals surface area contributed by atoms with Crippen molar-refractivity contribution < 1.29 is 29.3 Å². The van der Waals surface area contributed by atoms with Gasteiger partial charge in [-0.25, -0.2) is 4.98 Å². The molecule has 2 saturated heterocycles. The zero-order valence-corrected chi connectivity index (χ0v) is 23.8. The summed E-state index contributed by atoms with van der Waals surface area (Å²) in [6, 6.07) is 0. The van der Waals surface area contributed by atoms with Gasteiger partial charge in [-0.1, -0.05) is 33.3 Å². The summed E-state index contributed by atoms with van der Waals surface area (Å²) in [6.07, 6.45) is 3.71. The summed E-state index contributed by atoms with van der Waals surface area (Å²) in [6.45, 7) is 14.9. The van der Waals surface area contributed by atoms with Gasteiger partial charge >= 0.3 is 5.97 Å². The smallest absolute Gasteiger partial charge is 0.309 e. The number of hydrogen-bond acceptors (Lipinski definition) is 8. The first kappa shape index (κ1) is 29.7. The second-order valence-electron chi connectivity index (χ2n) is 11.6. The van der Waals surface area contributed by atoms with E-state index in [9.17, 15) is 19.8 Å². The Balaban J connectivity index is 1.88. The van der Waals surface area contributed by atoms with E-state index in [0.29, 0.717) is 12.8 Å². The molecule has 2 fully saturated rings. The molecule has 0 aliphatic carbocycles. The summed E-state index contributed by atoms with van der Waals surface area (Å²) in [5, 5.41) is 25.0. The van der Waals surface area contributed by atoms with Crippen LogP contribution < -0.4 is 0 Å². The minimum absolute atomic E-state index is 0.0598. The number of esters is 1. The SMILES string of the molecule is C=CC[C@H]1C(=O)C(C)(C)[C@@H](O)CC(=O)O[C@H](C(C)=Cc2csc(C)n2)C[C@H]2O[C@@]2(C)CCC[C@H](C)[C@@H]1O. The number of nitrogens with zero attached hydrogens (tertiary/aromatic N) is 1. The fourth-order valence-electron chi connectivity index (χ4n) is 5.29. The minimum atomic E-state index is -1.26. The third-order valence-corrected chi connectivity index (χ3v) is 8.96. The van der Waals surface area contributed by atoms with Gasteiger partial charge in [0.1, 0.15) is 11.9 Å². The molecule has 0 aromatic carbocycles. The highest BCUT2D eigenvalue weighted by molar-refractivity contribution is 7.09. The lowest BCUT2D eigenvalue weighted by Gasteiger charge is -2.35. The molecule has 3 heterocycles. The van der Waals surface area contributed by atoms with Crippen molar-refractivity contribution in [1.29, 1.82) is 0 Å². The van der Waals surface area contributed by atoms with Gasteiger partial charge in [-0.05, 0) is 57.6 Å². The number of aryl methyl sites for hydroxylation is 1. The van der Waals surface area contributed by atoms with Crippen LogP contribution in [0.2, 0.25) is 0 Å². The number of aromatic nitrogens is 1. The van der Waals surface area contributed by atoms with Crippen molar-refractivity contribution in [3.8, 4) is 0 Å². The predicted molar refractivity (Wildman–Crippen MR) is 145 cm³/mol. The maximum atomic E-state index is 13.6. The third kappa shape index (κ3) is 7.16. The van der Waals surface area contributed by atoms with Crippen LogP contribution in [0, 0.1) is 24.2 Å². The number of ketones is 1. The number of aliphatic hydroxyl groups is 2. The van der Waals surface area contributed by atoms with Gasteiger partial charge in [-0.15, -0.1) is 17.9 Å². The standard InChI is InChI=1S/C29H43NO6S/c1-8-10-21-26(33)17(2)11-9-12-29(7)24(36-29)14-22(18(3)13-20-16-37-19(4)30-20)35-25(32)15-23(31)28(5,6)27(21)34/h8,13,16-17,21-24,26,31,33H,1,9-12,14-15H2,2-7H3/t17-,21+,22-,23-,24+,26-,29-/m0/s1. The van der Waals surface area contributed by atoms with Crippen molar-refractivity contribution in [1.82, 2.24) is 4.98 Å². The van der Waals surface area contributed by atoms with Crippen molar-refractivity contribution >= 4 is 29.2 Å². The largest absolute Gasteiger partial charge is 0.458 e. The molecule has 7 atom stereocenters. The molecule has 1 aromatic rings. The molecule has 0 saturated carbocycles. The van der Waals surface area contributed by atoms with Gasteiger partial charge in [0.05, 0.1) is 46.5 Å². The molecule has 0 radical (unpaired) electrons. The Hall–Kier alpha value is -1.87. The molecule has 37 heavy (non-hydrogen) atoms. The number of cyclic esters (lactones) is 1. The molecule has 7 nitrogen and oxygen atoms in total. The first-order chi connectivity index (χ1) is 17.3. The molecule has 0 spiro atoms. The number of carbonyl (C=O) groups is 2. The highest BCUT2D eigenvalue weighted by Gasteiger charge is 2.53. The van der Waals surface area contributed by atoms with E-state index in [-0.39, 0.29) is 29.8 Å². The summed E-state index contributed by atoms with van der Waals surface area (Å²) in [5.74, 6) is -1.67. The number of epoxide rings is 1. The van der Waals surface area contributed by atoms with Gasteiger partial charge < -0.3 is 19.7 Å². The van der Waals surface area contributed by atoms with E-state index in [1.165, 1.54) is 0 Å². The highest BCUT2D eigenvalue weighted by Crippen LogP contribution is 2.45. The number of rotatable bonds is 4. The van der Waals surface area contributed by atoms with Crippen LogP contribution in [-0.2, 0) is 19.1 Å². The molecule has 8 heteroatoms. The summed E-state index contributed by atoms with van der Waals surface area (Å²) in [5.41, 5.74) is 0.101. The Morgan fingerprint density at radius 1 is 1.30 bits per heavy atom. The van der Waals surface area contributed by atoms with Gasteiger partial charge in [-0.2, -0.15) is 0 Å². The number of Topliss-reactive ketones (excluding diaryl/α,β-unsaturated/α-hetero) is 1. The van der Waals surface area contributed by atoms with Crippen LogP contribution in [0.4, 0.5) is 0 Å². The molecule has 2 aliphatic heterocycles. The Bertz CT molecular complexity index is 1020. The second kappa shape index (κ2) is 11.9. The van der Waals surface area contributed by atoms with Crippen molar-refractivity contribution in [2.75, 3.05) is 0 Å². The van der Waals surface area contributed by atoms with Crippen LogP contribution in [0.5, 0.6) is 0 Å². The molecule has 0 amide bonds. The van der Waals surface area contributed by atoms with Crippen LogP contribution in [0.15, 0.2) is 23.6 Å². The number of fused-ring (bicyclic) bond motifs is 1. The number of aliphatic hydroxyl groups excluding tert-OH is 2. The minimum Gasteiger partial charge on any atom is -0.458 e. The molecular formula is C29H43NO6S. The predicted octanol–water partition coefficient (Wildman–Crippen LogP) is 5.03. The molecule has 0 unspecified atom stereocenters. The van der Waals surface area contributed by atoms with Crippen molar-refractivity contribution in [3.05, 3.63) is 34.3 Å². The average Bonchev–Trinajstić information content (AvgIpc) is 3.27. The van der Waals surface area contributed by atoms with Gasteiger partial charge in [0, 0.05) is 17.7 Å². The normalized spacial score (nSPS) is 35.9. The Morgan fingerprint density at radius 3 is 2.62 bits per heavy atom. The number of ether oxygens (including phenoxy) is 2. The van der Waals surface area contributed by atoms with Crippen LogP contribution >= 0.6 is 11.3 Å². The van der Waals surface area contributed by atoms with E-state index < -0.39 is 35.6 Å². The number of allylic oxidation sites excluding steroid dienone is 1. The number of hydrogen-bond donors (Lipinski definition) is 2. The van der Waals surface area contributed by atoms with Crippen molar-refractivity contribution in [2.45, 2.75) is 110 Å². The maximum Gasteiger partial charge on any atom is 0.309 e. The first-order valence-corrected chi connectivity index (χ1v) is 14.2. The van der Waals surface area contributed by atoms with Crippen molar-refractivity contribution in [2.24, 2.45) is 17.3 Å². The van der Waals surface area contributed by atoms with Gasteiger partial charge in [0.15, 0.2) is 0 Å². The highest BCUT2D eigenvalue weighted by atomic mass is 32.1.